The molecule has 1 aromatic heterocycles. The molecule has 0 fully saturated rings. The van der Waals surface area contributed by atoms with Crippen LogP contribution < -0.4 is 5.32 Å². The molecule has 0 aliphatic carbocycles. The second-order valence-corrected chi connectivity index (χ2v) is 3.30. The van der Waals surface area contributed by atoms with Gasteiger partial charge < -0.3 is 10.4 Å². The first kappa shape index (κ1) is 11.5. The van der Waals surface area contributed by atoms with E-state index in [0.717, 1.165) is 0 Å². The van der Waals surface area contributed by atoms with Gasteiger partial charge in [-0.2, -0.15) is 0 Å². The summed E-state index contributed by atoms with van der Waals surface area (Å²) < 4.78 is 0. The van der Waals surface area contributed by atoms with Crippen LogP contribution in [-0.2, 0) is 4.79 Å². The maximum absolute atomic E-state index is 11.5. The van der Waals surface area contributed by atoms with E-state index in [4.69, 9.17) is 16.7 Å². The monoisotopic (exact) mass is 228 g/mol. The first-order valence-corrected chi connectivity index (χ1v) is 4.53. The van der Waals surface area contributed by atoms with Crippen LogP contribution in [0, 0.1) is 0 Å². The molecule has 15 heavy (non-hydrogen) atoms. The highest BCUT2D eigenvalue weighted by Gasteiger charge is 2.16. The Morgan fingerprint density at radius 2 is 2.27 bits per heavy atom. The molecule has 0 bridgehead atoms. The number of pyridine rings is 1. The summed E-state index contributed by atoms with van der Waals surface area (Å²) in [4.78, 5) is 25.7. The first-order chi connectivity index (χ1) is 7.02. The molecule has 2 N–H and O–H groups in total. The van der Waals surface area contributed by atoms with Crippen LogP contribution in [0.1, 0.15) is 17.3 Å². The SMILES string of the molecule is C[C@H](NC(=O)c1ccncc1Cl)C(=O)O. The average Bonchev–Trinajstić information content (AvgIpc) is 2.18. The molecule has 6 heteroatoms. The van der Waals surface area contributed by atoms with Crippen molar-refractivity contribution in [1.82, 2.24) is 10.3 Å². The quantitative estimate of drug-likeness (QED) is 0.807. The van der Waals surface area contributed by atoms with Gasteiger partial charge in [-0.05, 0) is 13.0 Å². The number of nitrogens with zero attached hydrogens (tertiary/aromatic N) is 1. The smallest absolute Gasteiger partial charge is 0.325 e. The minimum Gasteiger partial charge on any atom is -0.480 e. The Morgan fingerprint density at radius 1 is 1.60 bits per heavy atom. The van der Waals surface area contributed by atoms with Crippen molar-refractivity contribution in [2.75, 3.05) is 0 Å². The van der Waals surface area contributed by atoms with Crippen LogP contribution in [0.25, 0.3) is 0 Å². The molecule has 0 spiro atoms. The molecule has 1 heterocycles. The van der Waals surface area contributed by atoms with Crippen LogP contribution in [0.5, 0.6) is 0 Å². The normalized spacial score (nSPS) is 11.9. The predicted octanol–water partition coefficient (Wildman–Crippen LogP) is 0.938. The molecule has 0 saturated carbocycles. The molecule has 0 aromatic carbocycles. The van der Waals surface area contributed by atoms with Crippen LogP contribution >= 0.6 is 11.6 Å². The molecule has 0 aliphatic heterocycles. The fraction of sp³-hybridized carbons (Fsp3) is 0.222. The van der Waals surface area contributed by atoms with E-state index in [2.05, 4.69) is 10.3 Å². The van der Waals surface area contributed by atoms with Crippen LogP contribution in [-0.4, -0.2) is 28.0 Å². The summed E-state index contributed by atoms with van der Waals surface area (Å²) >= 11 is 5.71. The van der Waals surface area contributed by atoms with Crippen molar-refractivity contribution >= 4 is 23.5 Å². The molecule has 0 aliphatic rings. The average molecular weight is 229 g/mol. The second-order valence-electron chi connectivity index (χ2n) is 2.89. The Morgan fingerprint density at radius 3 is 2.80 bits per heavy atom. The number of aromatic nitrogens is 1. The lowest BCUT2D eigenvalue weighted by Crippen LogP contribution is -2.38. The number of hydrogen-bond donors (Lipinski definition) is 2. The van der Waals surface area contributed by atoms with Gasteiger partial charge in [0.05, 0.1) is 10.6 Å². The zero-order valence-electron chi connectivity index (χ0n) is 7.90. The van der Waals surface area contributed by atoms with Gasteiger partial charge in [-0.1, -0.05) is 11.6 Å². The minimum atomic E-state index is -1.10. The van der Waals surface area contributed by atoms with E-state index < -0.39 is 17.9 Å². The molecule has 0 radical (unpaired) electrons. The van der Waals surface area contributed by atoms with Crippen LogP contribution in [0.15, 0.2) is 18.5 Å². The van der Waals surface area contributed by atoms with Crippen LogP contribution in [0.4, 0.5) is 0 Å². The van der Waals surface area contributed by atoms with E-state index in [0.29, 0.717) is 0 Å². The molecule has 1 amide bonds. The highest BCUT2D eigenvalue weighted by atomic mass is 35.5. The third kappa shape index (κ3) is 2.92. The van der Waals surface area contributed by atoms with Gasteiger partial charge in [0.1, 0.15) is 6.04 Å². The number of carboxylic acid groups (broad SMARTS) is 1. The van der Waals surface area contributed by atoms with E-state index in [1.54, 1.807) is 0 Å². The molecule has 1 atom stereocenters. The third-order valence-corrected chi connectivity index (χ3v) is 2.04. The minimum absolute atomic E-state index is 0.188. The van der Waals surface area contributed by atoms with E-state index in [-0.39, 0.29) is 10.6 Å². The van der Waals surface area contributed by atoms with Crippen molar-refractivity contribution in [3.05, 3.63) is 29.0 Å². The van der Waals surface area contributed by atoms with Crippen molar-refractivity contribution < 1.29 is 14.7 Å². The van der Waals surface area contributed by atoms with Crippen molar-refractivity contribution in [1.29, 1.82) is 0 Å². The second kappa shape index (κ2) is 4.75. The Balaban J connectivity index is 2.78. The van der Waals surface area contributed by atoms with Crippen molar-refractivity contribution in [2.45, 2.75) is 13.0 Å². The summed E-state index contributed by atoms with van der Waals surface area (Å²) in [7, 11) is 0. The molecule has 0 unspecified atom stereocenters. The summed E-state index contributed by atoms with van der Waals surface area (Å²) in [6.45, 7) is 1.37. The number of carbonyl (C=O) groups is 2. The van der Waals surface area contributed by atoms with Crippen molar-refractivity contribution in [3.8, 4) is 0 Å². The summed E-state index contributed by atoms with van der Waals surface area (Å²) in [6.07, 6.45) is 2.73. The molecule has 1 aromatic rings. The zero-order valence-corrected chi connectivity index (χ0v) is 8.65. The Kier molecular flexibility index (Phi) is 3.62. The number of hydrogen-bond acceptors (Lipinski definition) is 3. The molecular formula is C9H9ClN2O3. The first-order valence-electron chi connectivity index (χ1n) is 4.15. The molecular weight excluding hydrogens is 220 g/mol. The lowest BCUT2D eigenvalue weighted by Gasteiger charge is -2.09. The highest BCUT2D eigenvalue weighted by Crippen LogP contribution is 2.12. The number of nitrogens with one attached hydrogen (secondary N) is 1. The Hall–Kier alpha value is -1.62. The molecule has 80 valence electrons. The zero-order chi connectivity index (χ0) is 11.4. The fourth-order valence-corrected chi connectivity index (χ4v) is 1.10. The van der Waals surface area contributed by atoms with Gasteiger partial charge in [0.15, 0.2) is 0 Å². The lowest BCUT2D eigenvalue weighted by atomic mass is 10.2. The number of carbonyl (C=O) groups excluding carboxylic acids is 1. The van der Waals surface area contributed by atoms with Crippen molar-refractivity contribution in [3.63, 3.8) is 0 Å². The fourth-order valence-electron chi connectivity index (χ4n) is 0.895. The van der Waals surface area contributed by atoms with E-state index in [1.807, 2.05) is 0 Å². The highest BCUT2D eigenvalue weighted by molar-refractivity contribution is 6.33. The third-order valence-electron chi connectivity index (χ3n) is 1.74. The summed E-state index contributed by atoms with van der Waals surface area (Å²) in [5, 5.41) is 11.1. The Labute approximate surface area is 91.1 Å². The van der Waals surface area contributed by atoms with E-state index >= 15 is 0 Å². The summed E-state index contributed by atoms with van der Waals surface area (Å²) in [5.74, 6) is -1.63. The molecule has 0 saturated heterocycles. The van der Waals surface area contributed by atoms with E-state index in [9.17, 15) is 9.59 Å². The summed E-state index contributed by atoms with van der Waals surface area (Å²) in [6, 6.07) is 0.466. The predicted molar refractivity (Wildman–Crippen MR) is 53.8 cm³/mol. The lowest BCUT2D eigenvalue weighted by molar-refractivity contribution is -0.138. The van der Waals surface area contributed by atoms with E-state index in [1.165, 1.54) is 25.4 Å². The number of aliphatic carboxylic acids is 1. The Bertz CT molecular complexity index is 395. The number of halogens is 1. The van der Waals surface area contributed by atoms with Crippen molar-refractivity contribution in [2.24, 2.45) is 0 Å². The van der Waals surface area contributed by atoms with Gasteiger partial charge in [0.25, 0.3) is 5.91 Å². The maximum Gasteiger partial charge on any atom is 0.325 e. The number of rotatable bonds is 3. The van der Waals surface area contributed by atoms with Crippen LogP contribution in [0.3, 0.4) is 0 Å². The van der Waals surface area contributed by atoms with Gasteiger partial charge in [-0.25, -0.2) is 0 Å². The maximum atomic E-state index is 11.5. The number of amides is 1. The van der Waals surface area contributed by atoms with Gasteiger partial charge in [0, 0.05) is 12.4 Å². The van der Waals surface area contributed by atoms with Gasteiger partial charge in [-0.3, -0.25) is 14.6 Å². The van der Waals surface area contributed by atoms with Gasteiger partial charge >= 0.3 is 5.97 Å². The standard InChI is InChI=1S/C9H9ClN2O3/c1-5(9(14)15)12-8(13)6-2-3-11-4-7(6)10/h2-5H,1H3,(H,12,13)(H,14,15)/t5-/m0/s1. The molecule has 1 rings (SSSR count). The van der Waals surface area contributed by atoms with Crippen LogP contribution in [0.2, 0.25) is 5.02 Å². The summed E-state index contributed by atoms with van der Waals surface area (Å²) in [5.41, 5.74) is 0.208. The number of carboxylic acids is 1. The topological polar surface area (TPSA) is 79.3 Å². The van der Waals surface area contributed by atoms with Gasteiger partial charge in [0.2, 0.25) is 0 Å². The molecule has 5 nitrogen and oxygen atoms in total. The largest absolute Gasteiger partial charge is 0.480 e. The van der Waals surface area contributed by atoms with Gasteiger partial charge in [-0.15, -0.1) is 0 Å².